The lowest BCUT2D eigenvalue weighted by atomic mass is 10.2. The maximum Gasteiger partial charge on any atom is 0.343 e. The van der Waals surface area contributed by atoms with Crippen molar-refractivity contribution in [2.24, 2.45) is 0 Å². The Bertz CT molecular complexity index is 907. The number of nitrogens with zero attached hydrogens (tertiary/aromatic N) is 2. The number of rotatable bonds is 6. The normalized spacial score (nSPS) is 10.5. The Morgan fingerprint density at radius 2 is 2.00 bits per heavy atom. The Hall–Kier alpha value is -2.64. The molecular formula is C18H16ClN3O3S. The summed E-state index contributed by atoms with van der Waals surface area (Å²) >= 11 is 7.84. The molecule has 3 aromatic rings. The summed E-state index contributed by atoms with van der Waals surface area (Å²) < 4.78 is 6.55. The van der Waals surface area contributed by atoms with Gasteiger partial charge in [-0.25, -0.2) is 9.48 Å². The van der Waals surface area contributed by atoms with Crippen molar-refractivity contribution < 1.29 is 14.3 Å². The highest BCUT2D eigenvalue weighted by Gasteiger charge is 2.23. The molecule has 0 atom stereocenters. The summed E-state index contributed by atoms with van der Waals surface area (Å²) in [5.74, 6) is -1.06. The summed E-state index contributed by atoms with van der Waals surface area (Å²) in [5.41, 5.74) is 1.32. The van der Waals surface area contributed by atoms with E-state index in [1.807, 2.05) is 47.8 Å². The predicted molar refractivity (Wildman–Crippen MR) is 99.8 cm³/mol. The van der Waals surface area contributed by atoms with Crippen molar-refractivity contribution in [3.63, 3.8) is 0 Å². The van der Waals surface area contributed by atoms with E-state index in [0.29, 0.717) is 12.2 Å². The van der Waals surface area contributed by atoms with Gasteiger partial charge < -0.3 is 10.1 Å². The van der Waals surface area contributed by atoms with Crippen molar-refractivity contribution >= 4 is 34.8 Å². The van der Waals surface area contributed by atoms with E-state index < -0.39 is 5.97 Å². The molecule has 0 fully saturated rings. The summed E-state index contributed by atoms with van der Waals surface area (Å²) in [5, 5.41) is 9.05. The Morgan fingerprint density at radius 3 is 2.69 bits per heavy atom. The van der Waals surface area contributed by atoms with Crippen molar-refractivity contribution in [2.75, 3.05) is 6.61 Å². The van der Waals surface area contributed by atoms with Gasteiger partial charge in [-0.3, -0.25) is 4.79 Å². The number of amides is 1. The lowest BCUT2D eigenvalue weighted by Gasteiger charge is -2.06. The van der Waals surface area contributed by atoms with Crippen molar-refractivity contribution in [1.29, 1.82) is 0 Å². The molecule has 0 unspecified atom stereocenters. The number of aromatic nitrogens is 2. The van der Waals surface area contributed by atoms with Crippen molar-refractivity contribution in [1.82, 2.24) is 15.1 Å². The molecule has 3 rings (SSSR count). The smallest absolute Gasteiger partial charge is 0.343 e. The molecule has 2 aromatic heterocycles. The van der Waals surface area contributed by atoms with E-state index in [2.05, 4.69) is 10.4 Å². The van der Waals surface area contributed by atoms with E-state index >= 15 is 0 Å². The first-order valence-electron chi connectivity index (χ1n) is 7.83. The minimum absolute atomic E-state index is 0.151. The molecule has 0 bridgehead atoms. The van der Waals surface area contributed by atoms with E-state index in [4.69, 9.17) is 16.3 Å². The Labute approximate surface area is 159 Å². The van der Waals surface area contributed by atoms with Crippen LogP contribution in [0.25, 0.3) is 5.69 Å². The van der Waals surface area contributed by atoms with Gasteiger partial charge in [0.05, 0.1) is 17.9 Å². The number of thiophene rings is 1. The fourth-order valence-electron chi connectivity index (χ4n) is 2.32. The molecule has 1 amide bonds. The van der Waals surface area contributed by atoms with E-state index in [0.717, 1.165) is 10.6 Å². The second-order valence-corrected chi connectivity index (χ2v) is 6.82. The highest BCUT2D eigenvalue weighted by Crippen LogP contribution is 2.24. The molecule has 1 N–H and O–H groups in total. The number of carbonyl (C=O) groups is 2. The Morgan fingerprint density at radius 1 is 1.23 bits per heavy atom. The number of benzene rings is 1. The van der Waals surface area contributed by atoms with Gasteiger partial charge in [-0.2, -0.15) is 5.10 Å². The van der Waals surface area contributed by atoms with Gasteiger partial charge in [-0.05, 0) is 30.5 Å². The molecule has 0 radical (unpaired) electrons. The monoisotopic (exact) mass is 389 g/mol. The van der Waals surface area contributed by atoms with Gasteiger partial charge in [0.25, 0.3) is 5.91 Å². The van der Waals surface area contributed by atoms with Crippen LogP contribution < -0.4 is 5.32 Å². The maximum absolute atomic E-state index is 12.3. The standard InChI is InChI=1S/C18H16ClN3O3S/c1-12-16(17(19)22(21-12)13-6-3-2-4-7-13)18(24)25-11-15(23)20-10-14-8-5-9-26-14/h2-9H,10-11H2,1H3,(H,20,23). The van der Waals surface area contributed by atoms with Gasteiger partial charge in [0.15, 0.2) is 6.61 Å². The van der Waals surface area contributed by atoms with Crippen molar-refractivity contribution in [3.8, 4) is 5.69 Å². The van der Waals surface area contributed by atoms with Crippen LogP contribution in [0, 0.1) is 6.92 Å². The Kier molecular flexibility index (Phi) is 5.70. The molecule has 26 heavy (non-hydrogen) atoms. The van der Waals surface area contributed by atoms with Crippen LogP contribution in [0.15, 0.2) is 47.8 Å². The molecular weight excluding hydrogens is 374 g/mol. The average Bonchev–Trinajstić information content (AvgIpc) is 3.26. The van der Waals surface area contributed by atoms with Crippen LogP contribution in [-0.4, -0.2) is 28.3 Å². The van der Waals surface area contributed by atoms with Gasteiger partial charge in [0.1, 0.15) is 10.7 Å². The largest absolute Gasteiger partial charge is 0.452 e. The van der Waals surface area contributed by atoms with Crippen LogP contribution in [0.5, 0.6) is 0 Å². The third kappa shape index (κ3) is 4.12. The van der Waals surface area contributed by atoms with E-state index in [9.17, 15) is 9.59 Å². The molecule has 0 saturated carbocycles. The zero-order valence-electron chi connectivity index (χ0n) is 13.9. The summed E-state index contributed by atoms with van der Waals surface area (Å²) in [7, 11) is 0. The number of hydrogen-bond acceptors (Lipinski definition) is 5. The zero-order chi connectivity index (χ0) is 18.5. The fourth-order valence-corrected chi connectivity index (χ4v) is 3.32. The van der Waals surface area contributed by atoms with Crippen LogP contribution in [0.3, 0.4) is 0 Å². The van der Waals surface area contributed by atoms with Crippen molar-refractivity contribution in [3.05, 3.63) is 69.1 Å². The maximum atomic E-state index is 12.3. The molecule has 0 aliphatic heterocycles. The number of carbonyl (C=O) groups excluding carboxylic acids is 2. The predicted octanol–water partition coefficient (Wildman–Crippen LogP) is 3.37. The van der Waals surface area contributed by atoms with Gasteiger partial charge in [-0.1, -0.05) is 35.9 Å². The zero-order valence-corrected chi connectivity index (χ0v) is 15.5. The topological polar surface area (TPSA) is 73.2 Å². The highest BCUT2D eigenvalue weighted by atomic mass is 35.5. The van der Waals surface area contributed by atoms with Gasteiger partial charge in [-0.15, -0.1) is 11.3 Å². The molecule has 0 aliphatic carbocycles. The second-order valence-electron chi connectivity index (χ2n) is 5.43. The van der Waals surface area contributed by atoms with Gasteiger partial charge in [0, 0.05) is 4.88 Å². The summed E-state index contributed by atoms with van der Waals surface area (Å²) in [6, 6.07) is 13.0. The molecule has 134 valence electrons. The summed E-state index contributed by atoms with van der Waals surface area (Å²) in [4.78, 5) is 25.2. The average molecular weight is 390 g/mol. The van der Waals surface area contributed by atoms with Gasteiger partial charge in [0.2, 0.25) is 0 Å². The van der Waals surface area contributed by atoms with Crippen LogP contribution in [0.2, 0.25) is 5.15 Å². The molecule has 0 spiro atoms. The molecule has 0 saturated heterocycles. The molecule has 8 heteroatoms. The Balaban J connectivity index is 1.63. The van der Waals surface area contributed by atoms with E-state index in [1.165, 1.54) is 16.0 Å². The quantitative estimate of drug-likeness (QED) is 0.656. The van der Waals surface area contributed by atoms with Crippen molar-refractivity contribution in [2.45, 2.75) is 13.5 Å². The molecule has 0 aliphatic rings. The third-order valence-corrected chi connectivity index (χ3v) is 4.81. The van der Waals surface area contributed by atoms with Crippen LogP contribution in [0.1, 0.15) is 20.9 Å². The van der Waals surface area contributed by atoms with E-state index in [-0.39, 0.29) is 23.2 Å². The molecule has 6 nitrogen and oxygen atoms in total. The fraction of sp³-hybridized carbons (Fsp3) is 0.167. The number of hydrogen-bond donors (Lipinski definition) is 1. The molecule has 2 heterocycles. The SMILES string of the molecule is Cc1nn(-c2ccccc2)c(Cl)c1C(=O)OCC(=O)NCc1cccs1. The second kappa shape index (κ2) is 8.16. The first-order chi connectivity index (χ1) is 12.6. The number of esters is 1. The number of ether oxygens (including phenoxy) is 1. The van der Waals surface area contributed by atoms with Crippen LogP contribution in [0.4, 0.5) is 0 Å². The van der Waals surface area contributed by atoms with Crippen LogP contribution >= 0.6 is 22.9 Å². The number of halogens is 1. The number of para-hydroxylation sites is 1. The first kappa shape index (κ1) is 18.2. The number of nitrogens with one attached hydrogen (secondary N) is 1. The van der Waals surface area contributed by atoms with E-state index in [1.54, 1.807) is 6.92 Å². The minimum Gasteiger partial charge on any atom is -0.452 e. The lowest BCUT2D eigenvalue weighted by molar-refractivity contribution is -0.124. The lowest BCUT2D eigenvalue weighted by Crippen LogP contribution is -2.28. The highest BCUT2D eigenvalue weighted by molar-refractivity contribution is 7.09. The number of aryl methyl sites for hydroxylation is 1. The van der Waals surface area contributed by atoms with Gasteiger partial charge >= 0.3 is 5.97 Å². The third-order valence-electron chi connectivity index (χ3n) is 3.58. The van der Waals surface area contributed by atoms with Crippen LogP contribution in [-0.2, 0) is 16.1 Å². The molecule has 1 aromatic carbocycles. The summed E-state index contributed by atoms with van der Waals surface area (Å²) in [6.07, 6.45) is 0. The first-order valence-corrected chi connectivity index (χ1v) is 9.08. The summed E-state index contributed by atoms with van der Waals surface area (Å²) in [6.45, 7) is 1.69. The minimum atomic E-state index is -0.680.